The summed E-state index contributed by atoms with van der Waals surface area (Å²) in [5.74, 6) is -0.463. The SMILES string of the molecule is Cn1c(=O)n(Cc2ccccc2)c(=O)c2cc(C(=O)NCCc3cccc(C(F)(F)F)c3)sc21. The van der Waals surface area contributed by atoms with Gasteiger partial charge in [0.05, 0.1) is 22.4 Å². The number of aryl methyl sites for hydroxylation is 1. The number of rotatable bonds is 6. The molecule has 0 saturated heterocycles. The molecule has 0 aliphatic heterocycles. The summed E-state index contributed by atoms with van der Waals surface area (Å²) in [6.07, 6.45) is -4.22. The largest absolute Gasteiger partial charge is 0.416 e. The molecule has 4 rings (SSSR count). The van der Waals surface area contributed by atoms with Crippen molar-refractivity contribution < 1.29 is 18.0 Å². The molecule has 4 aromatic rings. The van der Waals surface area contributed by atoms with Gasteiger partial charge in [0.2, 0.25) is 0 Å². The van der Waals surface area contributed by atoms with Crippen LogP contribution in [0.4, 0.5) is 13.2 Å². The van der Waals surface area contributed by atoms with Crippen molar-refractivity contribution in [2.24, 2.45) is 7.05 Å². The van der Waals surface area contributed by atoms with Crippen LogP contribution in [-0.4, -0.2) is 21.6 Å². The fraction of sp³-hybridized carbons (Fsp3) is 0.208. The van der Waals surface area contributed by atoms with Crippen LogP contribution in [-0.2, 0) is 26.2 Å². The molecule has 10 heteroatoms. The fourth-order valence-corrected chi connectivity index (χ4v) is 4.63. The van der Waals surface area contributed by atoms with Gasteiger partial charge in [0.1, 0.15) is 4.83 Å². The van der Waals surface area contributed by atoms with E-state index in [0.717, 1.165) is 33.6 Å². The molecule has 176 valence electrons. The standard InChI is InChI=1S/C24H20F3N3O3S/c1-29-22-18(21(32)30(23(29)33)14-16-6-3-2-4-7-16)13-19(34-22)20(31)28-11-10-15-8-5-9-17(12-15)24(25,26)27/h2-9,12-13H,10-11,14H2,1H3,(H,28,31). The molecule has 0 bridgehead atoms. The van der Waals surface area contributed by atoms with E-state index in [9.17, 15) is 27.6 Å². The van der Waals surface area contributed by atoms with E-state index >= 15 is 0 Å². The monoisotopic (exact) mass is 487 g/mol. The fourth-order valence-electron chi connectivity index (χ4n) is 3.61. The molecule has 1 amide bonds. The molecule has 0 aliphatic carbocycles. The predicted molar refractivity (Wildman–Crippen MR) is 124 cm³/mol. The van der Waals surface area contributed by atoms with Crippen LogP contribution in [0.3, 0.4) is 0 Å². The minimum Gasteiger partial charge on any atom is -0.351 e. The predicted octanol–water partition coefficient (Wildman–Crippen LogP) is 3.80. The molecule has 0 unspecified atom stereocenters. The molecule has 34 heavy (non-hydrogen) atoms. The van der Waals surface area contributed by atoms with Crippen molar-refractivity contribution in [3.63, 3.8) is 0 Å². The van der Waals surface area contributed by atoms with E-state index in [4.69, 9.17) is 0 Å². The number of alkyl halides is 3. The maximum Gasteiger partial charge on any atom is 0.416 e. The van der Waals surface area contributed by atoms with Gasteiger partial charge in [0, 0.05) is 13.6 Å². The Kier molecular flexibility index (Phi) is 6.43. The number of fused-ring (bicyclic) bond motifs is 1. The molecule has 0 fully saturated rings. The maximum absolute atomic E-state index is 13.0. The van der Waals surface area contributed by atoms with Crippen molar-refractivity contribution in [3.8, 4) is 0 Å². The lowest BCUT2D eigenvalue weighted by molar-refractivity contribution is -0.137. The van der Waals surface area contributed by atoms with Gasteiger partial charge in [0.25, 0.3) is 11.5 Å². The third-order valence-corrected chi connectivity index (χ3v) is 6.58. The number of hydrogen-bond donors (Lipinski definition) is 1. The second kappa shape index (κ2) is 9.30. The highest BCUT2D eigenvalue weighted by Crippen LogP contribution is 2.29. The number of halogens is 3. The summed E-state index contributed by atoms with van der Waals surface area (Å²) >= 11 is 1.02. The molecular weight excluding hydrogens is 467 g/mol. The van der Waals surface area contributed by atoms with Gasteiger partial charge in [-0.2, -0.15) is 13.2 Å². The van der Waals surface area contributed by atoms with Gasteiger partial charge in [0.15, 0.2) is 0 Å². The summed E-state index contributed by atoms with van der Waals surface area (Å²) in [6.45, 7) is 0.224. The topological polar surface area (TPSA) is 73.1 Å². The number of hydrogen-bond acceptors (Lipinski definition) is 4. The lowest BCUT2D eigenvalue weighted by Crippen LogP contribution is -2.38. The first-order valence-corrected chi connectivity index (χ1v) is 11.2. The average Bonchev–Trinajstić information content (AvgIpc) is 3.27. The van der Waals surface area contributed by atoms with Crippen molar-refractivity contribution in [1.29, 1.82) is 0 Å². The van der Waals surface area contributed by atoms with Crippen LogP contribution < -0.4 is 16.6 Å². The number of thiophene rings is 1. The first-order chi connectivity index (χ1) is 16.1. The Labute approximate surface area is 195 Å². The minimum atomic E-state index is -4.43. The van der Waals surface area contributed by atoms with E-state index in [1.807, 2.05) is 30.3 Å². The normalized spacial score (nSPS) is 11.6. The summed E-state index contributed by atoms with van der Waals surface area (Å²) in [7, 11) is 1.54. The second-order valence-electron chi connectivity index (χ2n) is 7.75. The van der Waals surface area contributed by atoms with E-state index in [2.05, 4.69) is 5.32 Å². The van der Waals surface area contributed by atoms with Crippen LogP contribution >= 0.6 is 11.3 Å². The Morgan fingerprint density at radius 3 is 2.41 bits per heavy atom. The van der Waals surface area contributed by atoms with E-state index in [-0.39, 0.29) is 29.8 Å². The van der Waals surface area contributed by atoms with Gasteiger partial charge in [-0.1, -0.05) is 48.5 Å². The average molecular weight is 488 g/mol. The third kappa shape index (κ3) is 4.81. The second-order valence-corrected chi connectivity index (χ2v) is 8.78. The Morgan fingerprint density at radius 1 is 1.00 bits per heavy atom. The summed E-state index contributed by atoms with van der Waals surface area (Å²) in [4.78, 5) is 39.0. The van der Waals surface area contributed by atoms with Crippen molar-refractivity contribution in [2.45, 2.75) is 19.1 Å². The number of amides is 1. The van der Waals surface area contributed by atoms with Gasteiger partial charge in [-0.15, -0.1) is 11.3 Å². The Hall–Kier alpha value is -3.66. The first kappa shape index (κ1) is 23.5. The van der Waals surface area contributed by atoms with Gasteiger partial charge in [-0.25, -0.2) is 4.79 Å². The van der Waals surface area contributed by atoms with Crippen molar-refractivity contribution in [1.82, 2.24) is 14.5 Å². The number of carbonyl (C=O) groups excluding carboxylic acids is 1. The number of nitrogens with zero attached hydrogens (tertiary/aromatic N) is 2. The van der Waals surface area contributed by atoms with Crippen LogP contribution in [0.2, 0.25) is 0 Å². The van der Waals surface area contributed by atoms with Gasteiger partial charge in [-0.3, -0.25) is 18.7 Å². The zero-order chi connectivity index (χ0) is 24.5. The highest BCUT2D eigenvalue weighted by atomic mass is 32.1. The van der Waals surface area contributed by atoms with Crippen molar-refractivity contribution >= 4 is 27.5 Å². The Balaban J connectivity index is 1.53. The van der Waals surface area contributed by atoms with Gasteiger partial charge in [-0.05, 0) is 29.7 Å². The van der Waals surface area contributed by atoms with Crippen LogP contribution in [0, 0.1) is 0 Å². The van der Waals surface area contributed by atoms with Crippen LogP contribution in [0.1, 0.15) is 26.4 Å². The lowest BCUT2D eigenvalue weighted by atomic mass is 10.1. The maximum atomic E-state index is 13.0. The van der Waals surface area contributed by atoms with Crippen molar-refractivity contribution in [2.75, 3.05) is 6.54 Å². The van der Waals surface area contributed by atoms with Gasteiger partial charge >= 0.3 is 11.9 Å². The molecule has 1 N–H and O–H groups in total. The Bertz CT molecular complexity index is 1470. The summed E-state index contributed by atoms with van der Waals surface area (Å²) in [5, 5.41) is 2.92. The molecule has 2 heterocycles. The highest BCUT2D eigenvalue weighted by molar-refractivity contribution is 7.20. The highest BCUT2D eigenvalue weighted by Gasteiger charge is 2.30. The lowest BCUT2D eigenvalue weighted by Gasteiger charge is -2.09. The van der Waals surface area contributed by atoms with E-state index in [1.54, 1.807) is 6.07 Å². The molecule has 0 aliphatic rings. The van der Waals surface area contributed by atoms with Crippen LogP contribution in [0.5, 0.6) is 0 Å². The summed E-state index contributed by atoms with van der Waals surface area (Å²) in [5.41, 5.74) is -0.476. The number of nitrogens with one attached hydrogen (secondary N) is 1. The molecule has 0 saturated carbocycles. The molecular formula is C24H20F3N3O3S. The third-order valence-electron chi connectivity index (χ3n) is 5.37. The minimum absolute atomic E-state index is 0.108. The molecule has 0 radical (unpaired) electrons. The zero-order valence-electron chi connectivity index (χ0n) is 18.1. The zero-order valence-corrected chi connectivity index (χ0v) is 18.9. The summed E-state index contributed by atoms with van der Waals surface area (Å²) in [6, 6.07) is 15.5. The van der Waals surface area contributed by atoms with E-state index in [1.165, 1.54) is 23.7 Å². The first-order valence-electron chi connectivity index (χ1n) is 10.4. The van der Waals surface area contributed by atoms with Crippen LogP contribution in [0.25, 0.3) is 10.2 Å². The molecule has 2 aromatic carbocycles. The smallest absolute Gasteiger partial charge is 0.351 e. The van der Waals surface area contributed by atoms with E-state index < -0.39 is 28.9 Å². The number of aromatic nitrogens is 2. The van der Waals surface area contributed by atoms with Crippen LogP contribution in [0.15, 0.2) is 70.3 Å². The van der Waals surface area contributed by atoms with E-state index in [0.29, 0.717) is 10.4 Å². The summed E-state index contributed by atoms with van der Waals surface area (Å²) < 4.78 is 41.1. The van der Waals surface area contributed by atoms with Gasteiger partial charge < -0.3 is 5.32 Å². The Morgan fingerprint density at radius 2 is 1.71 bits per heavy atom. The molecule has 6 nitrogen and oxygen atoms in total. The number of carbonyl (C=O) groups is 1. The quantitative estimate of drug-likeness (QED) is 0.450. The molecule has 0 atom stereocenters. The molecule has 2 aromatic heterocycles. The molecule has 0 spiro atoms. The number of benzene rings is 2. The van der Waals surface area contributed by atoms with Crippen molar-refractivity contribution in [3.05, 3.63) is 103 Å².